The fourth-order valence-electron chi connectivity index (χ4n) is 5.73. The zero-order chi connectivity index (χ0) is 30.5. The standard InChI is InChI=1S/C36H37N.C5H8/c1-8-28(9-2)37(29-20-16-26(17-21-29)25-14-18-27(19-15-25)35(3,4)5)30-22-23-34-32(24-30)31-12-10-11-13-33(31)36(34,6)7;1-3-5-4-2/h8-24H,1H2,2-7H3;3-5H,1H2,2H3/b28-9+;5-4-. The number of allylic oxidation sites excluding steroid dienone is 5. The van der Waals surface area contributed by atoms with Gasteiger partial charge in [0, 0.05) is 22.5 Å². The van der Waals surface area contributed by atoms with Crippen LogP contribution in [0, 0.1) is 0 Å². The van der Waals surface area contributed by atoms with Crippen molar-refractivity contribution in [1.29, 1.82) is 0 Å². The number of anilines is 2. The number of hydrogen-bond donors (Lipinski definition) is 0. The molecule has 1 aliphatic rings. The molecule has 4 aromatic carbocycles. The van der Waals surface area contributed by atoms with Crippen LogP contribution in [-0.4, -0.2) is 0 Å². The van der Waals surface area contributed by atoms with Gasteiger partial charge in [-0.3, -0.25) is 0 Å². The largest absolute Gasteiger partial charge is 0.311 e. The van der Waals surface area contributed by atoms with E-state index in [1.165, 1.54) is 38.9 Å². The second kappa shape index (κ2) is 12.7. The summed E-state index contributed by atoms with van der Waals surface area (Å²) in [6, 6.07) is 33.5. The molecule has 214 valence electrons. The van der Waals surface area contributed by atoms with Gasteiger partial charge in [0.25, 0.3) is 0 Å². The molecule has 0 saturated carbocycles. The summed E-state index contributed by atoms with van der Waals surface area (Å²) in [4.78, 5) is 2.30. The molecule has 0 amide bonds. The summed E-state index contributed by atoms with van der Waals surface area (Å²) in [7, 11) is 0. The second-order valence-electron chi connectivity index (χ2n) is 12.3. The molecule has 0 spiro atoms. The molecule has 4 aromatic rings. The summed E-state index contributed by atoms with van der Waals surface area (Å²) in [5.74, 6) is 0. The number of benzene rings is 4. The molecule has 0 atom stereocenters. The van der Waals surface area contributed by atoms with Crippen molar-refractivity contribution in [2.45, 2.75) is 59.3 Å². The van der Waals surface area contributed by atoms with Crippen molar-refractivity contribution in [2.24, 2.45) is 0 Å². The molecule has 0 radical (unpaired) electrons. The number of fused-ring (bicyclic) bond motifs is 3. The zero-order valence-electron chi connectivity index (χ0n) is 26.4. The summed E-state index contributed by atoms with van der Waals surface area (Å²) in [6.45, 7) is 23.0. The first kappa shape index (κ1) is 30.6. The van der Waals surface area contributed by atoms with Gasteiger partial charge in [0.15, 0.2) is 0 Å². The number of hydrogen-bond acceptors (Lipinski definition) is 1. The molecule has 0 fully saturated rings. The first-order valence-electron chi connectivity index (χ1n) is 14.8. The van der Waals surface area contributed by atoms with Crippen molar-refractivity contribution in [2.75, 3.05) is 4.90 Å². The first-order chi connectivity index (χ1) is 20.1. The van der Waals surface area contributed by atoms with E-state index in [9.17, 15) is 0 Å². The maximum atomic E-state index is 4.12. The molecule has 0 heterocycles. The summed E-state index contributed by atoms with van der Waals surface area (Å²) in [5, 5.41) is 0. The molecule has 1 aliphatic carbocycles. The Balaban J connectivity index is 0.000000748. The van der Waals surface area contributed by atoms with E-state index in [0.717, 1.165) is 17.1 Å². The normalized spacial score (nSPS) is 13.5. The number of rotatable bonds is 6. The highest BCUT2D eigenvalue weighted by molar-refractivity contribution is 5.85. The van der Waals surface area contributed by atoms with Crippen LogP contribution in [0.15, 0.2) is 140 Å². The van der Waals surface area contributed by atoms with Crippen LogP contribution >= 0.6 is 0 Å². The predicted molar refractivity (Wildman–Crippen MR) is 186 cm³/mol. The quantitative estimate of drug-likeness (QED) is 0.215. The minimum absolute atomic E-state index is 0.00133. The lowest BCUT2D eigenvalue weighted by molar-refractivity contribution is 0.590. The van der Waals surface area contributed by atoms with E-state index in [1.807, 2.05) is 25.2 Å². The van der Waals surface area contributed by atoms with Gasteiger partial charge in [-0.15, -0.1) is 0 Å². The van der Waals surface area contributed by atoms with Gasteiger partial charge in [0.2, 0.25) is 0 Å². The monoisotopic (exact) mass is 551 g/mol. The summed E-state index contributed by atoms with van der Waals surface area (Å²) in [5.41, 5.74) is 12.7. The van der Waals surface area contributed by atoms with Crippen LogP contribution in [0.25, 0.3) is 22.3 Å². The third-order valence-corrected chi connectivity index (χ3v) is 8.13. The molecule has 5 rings (SSSR count). The van der Waals surface area contributed by atoms with E-state index in [1.54, 1.807) is 6.08 Å². The fraction of sp³-hybridized carbons (Fsp3) is 0.220. The smallest absolute Gasteiger partial charge is 0.0467 e. The van der Waals surface area contributed by atoms with E-state index in [2.05, 4.69) is 157 Å². The third kappa shape index (κ3) is 6.11. The van der Waals surface area contributed by atoms with Crippen molar-refractivity contribution in [3.63, 3.8) is 0 Å². The Morgan fingerprint density at radius 3 is 1.81 bits per heavy atom. The maximum absolute atomic E-state index is 4.12. The molecule has 0 saturated heterocycles. The van der Waals surface area contributed by atoms with Crippen LogP contribution in [0.3, 0.4) is 0 Å². The molecule has 0 bridgehead atoms. The van der Waals surface area contributed by atoms with Crippen LogP contribution in [0.5, 0.6) is 0 Å². The molecule has 1 nitrogen and oxygen atoms in total. The summed E-state index contributed by atoms with van der Waals surface area (Å²) in [6.07, 6.45) is 9.63. The molecule has 0 N–H and O–H groups in total. The highest BCUT2D eigenvalue weighted by Gasteiger charge is 2.35. The van der Waals surface area contributed by atoms with Gasteiger partial charge in [0.1, 0.15) is 0 Å². The van der Waals surface area contributed by atoms with E-state index >= 15 is 0 Å². The van der Waals surface area contributed by atoms with Gasteiger partial charge in [0.05, 0.1) is 0 Å². The summed E-state index contributed by atoms with van der Waals surface area (Å²) < 4.78 is 0. The van der Waals surface area contributed by atoms with Crippen molar-refractivity contribution < 1.29 is 0 Å². The Morgan fingerprint density at radius 2 is 1.29 bits per heavy atom. The minimum Gasteiger partial charge on any atom is -0.311 e. The highest BCUT2D eigenvalue weighted by atomic mass is 15.1. The second-order valence-corrected chi connectivity index (χ2v) is 12.3. The number of nitrogens with zero attached hydrogens (tertiary/aromatic N) is 1. The van der Waals surface area contributed by atoms with Gasteiger partial charge in [-0.1, -0.05) is 139 Å². The summed E-state index contributed by atoms with van der Waals surface area (Å²) >= 11 is 0. The van der Waals surface area contributed by atoms with Gasteiger partial charge in [-0.05, 0) is 88.5 Å². The topological polar surface area (TPSA) is 3.24 Å². The fourth-order valence-corrected chi connectivity index (χ4v) is 5.73. The Hall–Kier alpha value is -4.36. The predicted octanol–water partition coefficient (Wildman–Crippen LogP) is 11.9. The van der Waals surface area contributed by atoms with Gasteiger partial charge < -0.3 is 4.90 Å². The average Bonchev–Trinajstić information content (AvgIpc) is 3.22. The third-order valence-electron chi connectivity index (χ3n) is 8.13. The Bertz CT molecular complexity index is 1600. The van der Waals surface area contributed by atoms with E-state index in [-0.39, 0.29) is 10.8 Å². The molecule has 42 heavy (non-hydrogen) atoms. The van der Waals surface area contributed by atoms with Gasteiger partial charge in [-0.2, -0.15) is 0 Å². The Kier molecular flexibility index (Phi) is 9.22. The van der Waals surface area contributed by atoms with E-state index < -0.39 is 0 Å². The Labute approximate surface area is 254 Å². The van der Waals surface area contributed by atoms with Crippen LogP contribution in [-0.2, 0) is 10.8 Å². The maximum Gasteiger partial charge on any atom is 0.0467 e. The minimum atomic E-state index is 0.00133. The van der Waals surface area contributed by atoms with Gasteiger partial charge in [-0.25, -0.2) is 0 Å². The molecular weight excluding hydrogens is 506 g/mol. The van der Waals surface area contributed by atoms with E-state index in [0.29, 0.717) is 0 Å². The van der Waals surface area contributed by atoms with Crippen molar-refractivity contribution in [1.82, 2.24) is 0 Å². The average molecular weight is 552 g/mol. The van der Waals surface area contributed by atoms with E-state index in [4.69, 9.17) is 0 Å². The van der Waals surface area contributed by atoms with Crippen LogP contribution in [0.1, 0.15) is 65.2 Å². The zero-order valence-corrected chi connectivity index (χ0v) is 26.4. The van der Waals surface area contributed by atoms with Crippen LogP contribution in [0.4, 0.5) is 11.4 Å². The SMILES string of the molecule is C=C/C(=C\C)N(c1ccc(-c2ccc(C(C)(C)C)cc2)cc1)c1ccc2c(c1)-c1ccccc1C2(C)C.C=C/C=C\C. The van der Waals surface area contributed by atoms with Crippen LogP contribution < -0.4 is 4.90 Å². The van der Waals surface area contributed by atoms with Gasteiger partial charge >= 0.3 is 0 Å². The van der Waals surface area contributed by atoms with Crippen LogP contribution in [0.2, 0.25) is 0 Å². The Morgan fingerprint density at radius 1 is 0.714 bits per heavy atom. The molecule has 0 aliphatic heterocycles. The molecule has 0 aromatic heterocycles. The molecular formula is C41H45N. The molecule has 1 heteroatoms. The van der Waals surface area contributed by atoms with Crippen molar-refractivity contribution in [3.8, 4) is 22.3 Å². The lowest BCUT2D eigenvalue weighted by Crippen LogP contribution is -2.17. The molecule has 0 unspecified atom stereocenters. The lowest BCUT2D eigenvalue weighted by Gasteiger charge is -2.28. The van der Waals surface area contributed by atoms with Crippen molar-refractivity contribution >= 4 is 11.4 Å². The van der Waals surface area contributed by atoms with Crippen molar-refractivity contribution in [3.05, 3.63) is 157 Å². The highest BCUT2D eigenvalue weighted by Crippen LogP contribution is 2.50. The lowest BCUT2D eigenvalue weighted by atomic mass is 9.82. The first-order valence-corrected chi connectivity index (χ1v) is 14.8.